The Morgan fingerprint density at radius 3 is 2.65 bits per heavy atom. The zero-order valence-corrected chi connectivity index (χ0v) is 14.5. The Hall–Kier alpha value is -1.57. The van der Waals surface area contributed by atoms with Crippen LogP contribution in [0.1, 0.15) is 57.8 Å². The first-order valence-corrected chi connectivity index (χ1v) is 8.96. The molecule has 2 N–H and O–H groups in total. The van der Waals surface area contributed by atoms with E-state index in [9.17, 15) is 9.59 Å². The van der Waals surface area contributed by atoms with Gasteiger partial charge in [-0.25, -0.2) is 0 Å². The number of aromatic nitrogens is 3. The van der Waals surface area contributed by atoms with Crippen molar-refractivity contribution in [3.8, 4) is 0 Å². The minimum absolute atomic E-state index is 0.100. The smallest absolute Gasteiger partial charge is 0.313 e. The fraction of sp³-hybridized carbons (Fsp3) is 0.733. The summed E-state index contributed by atoms with van der Waals surface area (Å²) in [5, 5.41) is 8.62. The van der Waals surface area contributed by atoms with Gasteiger partial charge in [0, 0.05) is 6.04 Å². The Labute approximate surface area is 140 Å². The minimum atomic E-state index is -0.392. The number of nitrogens with two attached hydrogens (primary N) is 1. The largest absolute Gasteiger partial charge is 0.466 e. The van der Waals surface area contributed by atoms with E-state index in [1.165, 1.54) is 18.2 Å². The minimum Gasteiger partial charge on any atom is -0.466 e. The molecule has 1 atom stereocenters. The Balaban J connectivity index is 2.24. The Bertz CT molecular complexity index is 555. The van der Waals surface area contributed by atoms with Gasteiger partial charge in [0.05, 0.1) is 11.9 Å². The average molecular weight is 340 g/mol. The molecule has 23 heavy (non-hydrogen) atoms. The van der Waals surface area contributed by atoms with Gasteiger partial charge < -0.3 is 15.0 Å². The summed E-state index contributed by atoms with van der Waals surface area (Å²) in [6.07, 6.45) is 5.70. The van der Waals surface area contributed by atoms with Crippen molar-refractivity contribution in [3.05, 3.63) is 5.82 Å². The van der Waals surface area contributed by atoms with Crippen LogP contribution in [0, 0.1) is 0 Å². The highest BCUT2D eigenvalue weighted by Crippen LogP contribution is 2.33. The van der Waals surface area contributed by atoms with Crippen molar-refractivity contribution in [3.63, 3.8) is 0 Å². The van der Waals surface area contributed by atoms with Gasteiger partial charge in [-0.2, -0.15) is 0 Å². The van der Waals surface area contributed by atoms with E-state index in [-0.39, 0.29) is 24.3 Å². The van der Waals surface area contributed by atoms with Gasteiger partial charge in [-0.15, -0.1) is 10.2 Å². The first kappa shape index (κ1) is 17.8. The molecule has 1 amide bonds. The lowest BCUT2D eigenvalue weighted by molar-refractivity contribution is -0.142. The number of hydrogen-bond acceptors (Lipinski definition) is 6. The number of thioether (sulfide) groups is 1. The van der Waals surface area contributed by atoms with Crippen molar-refractivity contribution in [2.45, 2.75) is 68.8 Å². The molecule has 0 spiro atoms. The molecule has 0 aromatic carbocycles. The van der Waals surface area contributed by atoms with E-state index in [4.69, 9.17) is 10.5 Å². The second kappa shape index (κ2) is 8.33. The van der Waals surface area contributed by atoms with Gasteiger partial charge in [0.1, 0.15) is 12.2 Å². The molecule has 1 saturated carbocycles. The molecule has 2 rings (SSSR count). The van der Waals surface area contributed by atoms with Gasteiger partial charge in [0.25, 0.3) is 0 Å². The second-order valence-electron chi connectivity index (χ2n) is 5.70. The monoisotopic (exact) mass is 340 g/mol. The van der Waals surface area contributed by atoms with Crippen LogP contribution in [-0.2, 0) is 20.7 Å². The fourth-order valence-electron chi connectivity index (χ4n) is 2.77. The number of ether oxygens (including phenoxy) is 1. The molecule has 1 aromatic rings. The molecular formula is C15H24N4O3S. The van der Waals surface area contributed by atoms with Crippen LogP contribution in [0.3, 0.4) is 0 Å². The Morgan fingerprint density at radius 2 is 2.04 bits per heavy atom. The molecular weight excluding hydrogens is 316 g/mol. The van der Waals surface area contributed by atoms with Crippen LogP contribution in [0.15, 0.2) is 5.16 Å². The summed E-state index contributed by atoms with van der Waals surface area (Å²) in [6.45, 7) is 3.87. The summed E-state index contributed by atoms with van der Waals surface area (Å²) >= 11 is 1.30. The molecule has 0 radical (unpaired) electrons. The number of hydrogen-bond donors (Lipinski definition) is 1. The van der Waals surface area contributed by atoms with Crippen molar-refractivity contribution >= 4 is 23.6 Å². The van der Waals surface area contributed by atoms with Crippen molar-refractivity contribution < 1.29 is 14.3 Å². The third-order valence-corrected chi connectivity index (χ3v) is 5.04. The summed E-state index contributed by atoms with van der Waals surface area (Å²) in [5.41, 5.74) is 5.35. The maximum absolute atomic E-state index is 11.8. The van der Waals surface area contributed by atoms with Gasteiger partial charge in [0.2, 0.25) is 5.91 Å². The predicted octanol–water partition coefficient (Wildman–Crippen LogP) is 1.85. The average Bonchev–Trinajstić information content (AvgIpc) is 2.90. The zero-order chi connectivity index (χ0) is 16.8. The van der Waals surface area contributed by atoms with Crippen LogP contribution >= 0.6 is 11.8 Å². The predicted molar refractivity (Wildman–Crippen MR) is 87.0 cm³/mol. The van der Waals surface area contributed by atoms with Crippen LogP contribution < -0.4 is 5.73 Å². The number of carbonyl (C=O) groups is 2. The van der Waals surface area contributed by atoms with E-state index in [1.807, 2.05) is 4.57 Å². The number of primary amides is 1. The number of nitrogens with zero attached hydrogens (tertiary/aromatic N) is 3. The molecule has 0 bridgehead atoms. The highest BCUT2D eigenvalue weighted by atomic mass is 32.2. The molecule has 1 aliphatic carbocycles. The fourth-order valence-corrected chi connectivity index (χ4v) is 3.66. The molecule has 1 aromatic heterocycles. The molecule has 0 aliphatic heterocycles. The molecule has 8 heteroatoms. The van der Waals surface area contributed by atoms with E-state index >= 15 is 0 Å². The molecule has 0 saturated heterocycles. The third-order valence-electron chi connectivity index (χ3n) is 3.97. The van der Waals surface area contributed by atoms with E-state index in [1.54, 1.807) is 13.8 Å². The third kappa shape index (κ3) is 4.70. The van der Waals surface area contributed by atoms with Crippen molar-refractivity contribution in [2.75, 3.05) is 6.61 Å². The first-order chi connectivity index (χ1) is 11.0. The summed E-state index contributed by atoms with van der Waals surface area (Å²) < 4.78 is 7.03. The van der Waals surface area contributed by atoms with E-state index < -0.39 is 5.25 Å². The normalized spacial score (nSPS) is 17.0. The number of rotatable bonds is 7. The highest BCUT2D eigenvalue weighted by molar-refractivity contribution is 8.00. The summed E-state index contributed by atoms with van der Waals surface area (Å²) in [7, 11) is 0. The Morgan fingerprint density at radius 1 is 1.35 bits per heavy atom. The lowest BCUT2D eigenvalue weighted by atomic mass is 9.95. The van der Waals surface area contributed by atoms with Gasteiger partial charge >= 0.3 is 5.97 Å². The van der Waals surface area contributed by atoms with Crippen molar-refractivity contribution in [1.82, 2.24) is 14.8 Å². The number of carbonyl (C=O) groups excluding carboxylic acids is 2. The number of esters is 1. The number of amides is 1. The molecule has 1 aliphatic rings. The zero-order valence-electron chi connectivity index (χ0n) is 13.7. The summed E-state index contributed by atoms with van der Waals surface area (Å²) in [4.78, 5) is 23.1. The molecule has 128 valence electrons. The molecule has 0 unspecified atom stereocenters. The van der Waals surface area contributed by atoms with Crippen molar-refractivity contribution in [1.29, 1.82) is 0 Å². The van der Waals surface area contributed by atoms with Crippen LogP contribution in [-0.4, -0.2) is 38.5 Å². The quantitative estimate of drug-likeness (QED) is 0.600. The van der Waals surface area contributed by atoms with Gasteiger partial charge in [-0.05, 0) is 26.7 Å². The molecule has 7 nitrogen and oxygen atoms in total. The van der Waals surface area contributed by atoms with Crippen LogP contribution in [0.25, 0.3) is 0 Å². The maximum atomic E-state index is 11.8. The van der Waals surface area contributed by atoms with Gasteiger partial charge in [-0.3, -0.25) is 9.59 Å². The first-order valence-electron chi connectivity index (χ1n) is 8.08. The SMILES string of the molecule is CCOC(=O)Cc1nnc(S[C@H](C)C(N)=O)n1C1CCCCC1. The van der Waals surface area contributed by atoms with Crippen molar-refractivity contribution in [2.24, 2.45) is 5.73 Å². The van der Waals surface area contributed by atoms with E-state index in [2.05, 4.69) is 10.2 Å². The van der Waals surface area contributed by atoms with E-state index in [0.29, 0.717) is 17.6 Å². The Kier molecular flexibility index (Phi) is 6.44. The van der Waals surface area contributed by atoms with Crippen LogP contribution in [0.5, 0.6) is 0 Å². The molecule has 1 fully saturated rings. The van der Waals surface area contributed by atoms with Gasteiger partial charge in [0.15, 0.2) is 5.16 Å². The summed E-state index contributed by atoms with van der Waals surface area (Å²) in [6, 6.07) is 0.269. The lowest BCUT2D eigenvalue weighted by Gasteiger charge is -2.25. The second-order valence-corrected chi connectivity index (χ2v) is 7.01. The van der Waals surface area contributed by atoms with Crippen LogP contribution in [0.2, 0.25) is 0 Å². The van der Waals surface area contributed by atoms with E-state index in [0.717, 1.165) is 25.7 Å². The topological polar surface area (TPSA) is 100 Å². The molecule has 1 heterocycles. The lowest BCUT2D eigenvalue weighted by Crippen LogP contribution is -2.24. The highest BCUT2D eigenvalue weighted by Gasteiger charge is 2.26. The maximum Gasteiger partial charge on any atom is 0.313 e. The van der Waals surface area contributed by atoms with Crippen LogP contribution in [0.4, 0.5) is 0 Å². The standard InChI is InChI=1S/C15H24N4O3S/c1-3-22-13(20)9-12-17-18-15(23-10(2)14(16)21)19(12)11-7-5-4-6-8-11/h10-11H,3-9H2,1-2H3,(H2,16,21)/t10-/m1/s1. The van der Waals surface area contributed by atoms with Gasteiger partial charge in [-0.1, -0.05) is 31.0 Å². The summed E-state index contributed by atoms with van der Waals surface area (Å²) in [5.74, 6) is -0.0916.